The van der Waals surface area contributed by atoms with Crippen LogP contribution in [0.15, 0.2) is 12.2 Å². The van der Waals surface area contributed by atoms with Crippen LogP contribution in [0.2, 0.25) is 0 Å². The Morgan fingerprint density at radius 3 is 2.60 bits per heavy atom. The van der Waals surface area contributed by atoms with Crippen LogP contribution < -0.4 is 0 Å². The molecule has 0 fully saturated rings. The smallest absolute Gasteiger partial charge is 0.156 e. The van der Waals surface area contributed by atoms with E-state index in [2.05, 4.69) is 0 Å². The molecule has 0 spiro atoms. The molecule has 0 aliphatic heterocycles. The second kappa shape index (κ2) is 4.91. The summed E-state index contributed by atoms with van der Waals surface area (Å²) < 4.78 is 0. The first-order valence-electron chi connectivity index (χ1n) is 3.31. The summed E-state index contributed by atoms with van der Waals surface area (Å²) in [6.07, 6.45) is 4.29. The predicted molar refractivity (Wildman–Crippen MR) is 39.7 cm³/mol. The van der Waals surface area contributed by atoms with E-state index >= 15 is 0 Å². The lowest BCUT2D eigenvalue weighted by Gasteiger charge is -1.96. The van der Waals surface area contributed by atoms with Crippen molar-refractivity contribution in [3.05, 3.63) is 12.2 Å². The summed E-state index contributed by atoms with van der Waals surface area (Å²) in [5, 5.41) is 0. The van der Waals surface area contributed by atoms with E-state index in [-0.39, 0.29) is 11.7 Å². The van der Waals surface area contributed by atoms with Gasteiger partial charge in [-0.05, 0) is 13.0 Å². The fraction of sp³-hybridized carbons (Fsp3) is 0.500. The Labute approximate surface area is 60.9 Å². The maximum atomic E-state index is 10.8. The molecule has 0 aromatic carbocycles. The van der Waals surface area contributed by atoms with Gasteiger partial charge in [0, 0.05) is 12.3 Å². The number of allylic oxidation sites excluding steroid dienone is 2. The van der Waals surface area contributed by atoms with Crippen molar-refractivity contribution in [2.75, 3.05) is 0 Å². The summed E-state index contributed by atoms with van der Waals surface area (Å²) in [6, 6.07) is 0. The first-order valence-corrected chi connectivity index (χ1v) is 3.31. The highest BCUT2D eigenvalue weighted by molar-refractivity contribution is 5.91. The third-order valence-electron chi connectivity index (χ3n) is 1.11. The van der Waals surface area contributed by atoms with Gasteiger partial charge in [0.05, 0.1) is 0 Å². The van der Waals surface area contributed by atoms with Crippen molar-refractivity contribution in [3.63, 3.8) is 0 Å². The van der Waals surface area contributed by atoms with E-state index in [1.165, 1.54) is 6.08 Å². The molecule has 0 aliphatic rings. The zero-order chi connectivity index (χ0) is 7.98. The van der Waals surface area contributed by atoms with Crippen molar-refractivity contribution < 1.29 is 9.59 Å². The highest BCUT2D eigenvalue weighted by atomic mass is 16.1. The summed E-state index contributed by atoms with van der Waals surface area (Å²) in [6.45, 7) is 3.51. The molecule has 56 valence electrons. The Kier molecular flexibility index (Phi) is 4.46. The standard InChI is InChI=1S/C8H12O2/c1-3-4-8(10)5-7(2)6-9/h3-4,6-7H,5H2,1-2H3/b4-3+. The molecule has 0 rings (SSSR count). The summed E-state index contributed by atoms with van der Waals surface area (Å²) >= 11 is 0. The van der Waals surface area contributed by atoms with E-state index in [1.807, 2.05) is 0 Å². The average Bonchev–Trinajstić information content (AvgIpc) is 1.88. The largest absolute Gasteiger partial charge is 0.303 e. The van der Waals surface area contributed by atoms with Crippen molar-refractivity contribution in [1.29, 1.82) is 0 Å². The second-order valence-corrected chi connectivity index (χ2v) is 2.28. The van der Waals surface area contributed by atoms with Crippen LogP contribution in [0.4, 0.5) is 0 Å². The third kappa shape index (κ3) is 4.01. The molecular formula is C8H12O2. The van der Waals surface area contributed by atoms with Gasteiger partial charge < -0.3 is 4.79 Å². The number of hydrogen-bond donors (Lipinski definition) is 0. The van der Waals surface area contributed by atoms with E-state index in [9.17, 15) is 9.59 Å². The fourth-order valence-corrected chi connectivity index (χ4v) is 0.619. The minimum atomic E-state index is -0.149. The zero-order valence-corrected chi connectivity index (χ0v) is 6.33. The lowest BCUT2D eigenvalue weighted by Crippen LogP contribution is -2.03. The number of carbonyl (C=O) groups is 2. The summed E-state index contributed by atoms with van der Waals surface area (Å²) in [7, 11) is 0. The third-order valence-corrected chi connectivity index (χ3v) is 1.11. The molecule has 0 N–H and O–H groups in total. The molecule has 0 bridgehead atoms. The van der Waals surface area contributed by atoms with Crippen molar-refractivity contribution >= 4 is 12.1 Å². The average molecular weight is 140 g/mol. The monoisotopic (exact) mass is 140 g/mol. The van der Waals surface area contributed by atoms with Gasteiger partial charge in [-0.2, -0.15) is 0 Å². The summed E-state index contributed by atoms with van der Waals surface area (Å²) in [4.78, 5) is 20.8. The molecule has 0 saturated heterocycles. The molecule has 0 saturated carbocycles. The molecule has 0 heterocycles. The topological polar surface area (TPSA) is 34.1 Å². The molecule has 10 heavy (non-hydrogen) atoms. The SMILES string of the molecule is C/C=C/C(=O)CC(C)C=O. The Bertz CT molecular complexity index is 147. The first-order chi connectivity index (χ1) is 4.70. The van der Waals surface area contributed by atoms with Crippen LogP contribution in [0.3, 0.4) is 0 Å². The van der Waals surface area contributed by atoms with Crippen LogP contribution in [0.1, 0.15) is 20.3 Å². The molecule has 0 amide bonds. The van der Waals surface area contributed by atoms with Gasteiger partial charge in [-0.3, -0.25) is 4.79 Å². The van der Waals surface area contributed by atoms with Gasteiger partial charge in [0.25, 0.3) is 0 Å². The van der Waals surface area contributed by atoms with Crippen LogP contribution in [0, 0.1) is 5.92 Å². The van der Waals surface area contributed by atoms with Crippen molar-refractivity contribution in [2.24, 2.45) is 5.92 Å². The Morgan fingerprint density at radius 1 is 1.60 bits per heavy atom. The Morgan fingerprint density at radius 2 is 2.20 bits per heavy atom. The van der Waals surface area contributed by atoms with E-state index in [4.69, 9.17) is 0 Å². The molecule has 1 unspecified atom stereocenters. The number of hydrogen-bond acceptors (Lipinski definition) is 2. The maximum absolute atomic E-state index is 10.8. The maximum Gasteiger partial charge on any atom is 0.156 e. The van der Waals surface area contributed by atoms with Crippen LogP contribution >= 0.6 is 0 Å². The van der Waals surface area contributed by atoms with Gasteiger partial charge in [0.2, 0.25) is 0 Å². The molecule has 2 nitrogen and oxygen atoms in total. The molecular weight excluding hydrogens is 128 g/mol. The van der Waals surface area contributed by atoms with E-state index in [0.717, 1.165) is 6.29 Å². The predicted octanol–water partition coefficient (Wildman–Crippen LogP) is 1.36. The molecule has 2 heteroatoms. The first kappa shape index (κ1) is 9.08. The van der Waals surface area contributed by atoms with Gasteiger partial charge in [0.1, 0.15) is 6.29 Å². The van der Waals surface area contributed by atoms with Gasteiger partial charge >= 0.3 is 0 Å². The van der Waals surface area contributed by atoms with Gasteiger partial charge in [0.15, 0.2) is 5.78 Å². The van der Waals surface area contributed by atoms with E-state index in [1.54, 1.807) is 19.9 Å². The highest BCUT2D eigenvalue weighted by Crippen LogP contribution is 1.98. The quantitative estimate of drug-likeness (QED) is 0.436. The van der Waals surface area contributed by atoms with E-state index in [0.29, 0.717) is 6.42 Å². The van der Waals surface area contributed by atoms with Crippen LogP contribution in [-0.2, 0) is 9.59 Å². The normalized spacial score (nSPS) is 13.4. The molecule has 0 aliphatic carbocycles. The van der Waals surface area contributed by atoms with Crippen LogP contribution in [0.5, 0.6) is 0 Å². The van der Waals surface area contributed by atoms with Crippen molar-refractivity contribution in [1.82, 2.24) is 0 Å². The molecule has 0 aromatic heterocycles. The van der Waals surface area contributed by atoms with Crippen molar-refractivity contribution in [2.45, 2.75) is 20.3 Å². The van der Waals surface area contributed by atoms with E-state index < -0.39 is 0 Å². The number of aldehydes is 1. The summed E-state index contributed by atoms with van der Waals surface area (Å²) in [5.74, 6) is -0.134. The van der Waals surface area contributed by atoms with Gasteiger partial charge in [-0.1, -0.05) is 13.0 Å². The van der Waals surface area contributed by atoms with Crippen LogP contribution in [0.25, 0.3) is 0 Å². The van der Waals surface area contributed by atoms with Gasteiger partial charge in [-0.25, -0.2) is 0 Å². The second-order valence-electron chi connectivity index (χ2n) is 2.28. The lowest BCUT2D eigenvalue weighted by molar-refractivity contribution is -0.119. The number of ketones is 1. The number of carbonyl (C=O) groups excluding carboxylic acids is 2. The minimum Gasteiger partial charge on any atom is -0.303 e. The lowest BCUT2D eigenvalue weighted by atomic mass is 10.1. The molecule has 0 radical (unpaired) electrons. The van der Waals surface area contributed by atoms with Crippen LogP contribution in [-0.4, -0.2) is 12.1 Å². The Balaban J connectivity index is 3.67. The summed E-state index contributed by atoms with van der Waals surface area (Å²) in [5.41, 5.74) is 0. The fourth-order valence-electron chi connectivity index (χ4n) is 0.619. The highest BCUT2D eigenvalue weighted by Gasteiger charge is 2.03. The molecule has 0 aromatic rings. The Hall–Kier alpha value is -0.920. The zero-order valence-electron chi connectivity index (χ0n) is 6.33. The van der Waals surface area contributed by atoms with Crippen molar-refractivity contribution in [3.8, 4) is 0 Å². The minimum absolute atomic E-state index is 0.0158. The number of rotatable bonds is 4. The molecule has 1 atom stereocenters. The van der Waals surface area contributed by atoms with Gasteiger partial charge in [-0.15, -0.1) is 0 Å².